The lowest BCUT2D eigenvalue weighted by Gasteiger charge is -2.32. The molecule has 2 aromatic rings. The third-order valence-electron chi connectivity index (χ3n) is 4.12. The molecule has 24 heavy (non-hydrogen) atoms. The second kappa shape index (κ2) is 7.40. The Bertz CT molecular complexity index is 720. The van der Waals surface area contributed by atoms with E-state index in [-0.39, 0.29) is 12.0 Å². The van der Waals surface area contributed by atoms with Crippen LogP contribution in [0.4, 0.5) is 5.82 Å². The van der Waals surface area contributed by atoms with Crippen molar-refractivity contribution in [1.82, 2.24) is 15.3 Å². The van der Waals surface area contributed by atoms with E-state index in [1.165, 1.54) is 0 Å². The van der Waals surface area contributed by atoms with Crippen LogP contribution in [0.15, 0.2) is 36.5 Å². The first-order valence-electron chi connectivity index (χ1n) is 8.22. The van der Waals surface area contributed by atoms with E-state index in [1.54, 1.807) is 12.3 Å². The second-order valence-electron chi connectivity index (χ2n) is 6.08. The van der Waals surface area contributed by atoms with Gasteiger partial charge in [-0.05, 0) is 38.0 Å². The smallest absolute Gasteiger partial charge is 0.270 e. The maximum Gasteiger partial charge on any atom is 0.270 e. The molecular weight excluding hydrogens is 304 g/mol. The molecule has 0 aromatic carbocycles. The lowest BCUT2D eigenvalue weighted by molar-refractivity contribution is 0.0945. The average Bonchev–Trinajstić information content (AvgIpc) is 2.60. The summed E-state index contributed by atoms with van der Waals surface area (Å²) >= 11 is 0. The minimum atomic E-state index is -0.320. The molecule has 1 atom stereocenters. The van der Waals surface area contributed by atoms with Gasteiger partial charge >= 0.3 is 0 Å². The minimum absolute atomic E-state index is 0.202. The Morgan fingerprint density at radius 2 is 2.25 bits per heavy atom. The van der Waals surface area contributed by atoms with E-state index >= 15 is 0 Å². The monoisotopic (exact) mass is 326 g/mol. The van der Waals surface area contributed by atoms with E-state index < -0.39 is 0 Å². The number of rotatable bonds is 4. The highest BCUT2D eigenvalue weighted by Gasteiger charge is 2.21. The predicted octanol–water partition coefficient (Wildman–Crippen LogP) is 1.68. The van der Waals surface area contributed by atoms with Gasteiger partial charge in [-0.15, -0.1) is 0 Å². The van der Waals surface area contributed by atoms with Crippen molar-refractivity contribution in [1.29, 1.82) is 0 Å². The number of aryl methyl sites for hydroxylation is 1. The molecule has 1 aliphatic heterocycles. The SMILES string of the molecule is Cc1cccc(C(=O)NCc2cccnc2N2CCCC(O)C2)n1. The summed E-state index contributed by atoms with van der Waals surface area (Å²) in [6.45, 7) is 3.69. The van der Waals surface area contributed by atoms with Gasteiger partial charge in [-0.2, -0.15) is 0 Å². The van der Waals surface area contributed by atoms with Crippen molar-refractivity contribution in [3.63, 3.8) is 0 Å². The maximum atomic E-state index is 12.3. The van der Waals surface area contributed by atoms with Gasteiger partial charge in [-0.25, -0.2) is 9.97 Å². The number of anilines is 1. The minimum Gasteiger partial charge on any atom is -0.391 e. The normalized spacial score (nSPS) is 17.6. The maximum absolute atomic E-state index is 12.3. The quantitative estimate of drug-likeness (QED) is 0.894. The van der Waals surface area contributed by atoms with Crippen molar-refractivity contribution < 1.29 is 9.90 Å². The molecule has 0 radical (unpaired) electrons. The first-order valence-corrected chi connectivity index (χ1v) is 8.22. The summed E-state index contributed by atoms with van der Waals surface area (Å²) in [5, 5.41) is 12.8. The highest BCUT2D eigenvalue weighted by molar-refractivity contribution is 5.92. The van der Waals surface area contributed by atoms with Gasteiger partial charge in [0, 0.05) is 37.1 Å². The first-order chi connectivity index (χ1) is 11.6. The second-order valence-corrected chi connectivity index (χ2v) is 6.08. The summed E-state index contributed by atoms with van der Waals surface area (Å²) in [7, 11) is 0. The van der Waals surface area contributed by atoms with Gasteiger partial charge < -0.3 is 15.3 Å². The molecule has 0 spiro atoms. The fourth-order valence-corrected chi connectivity index (χ4v) is 2.94. The summed E-state index contributed by atoms with van der Waals surface area (Å²) in [6, 6.07) is 9.19. The highest BCUT2D eigenvalue weighted by Crippen LogP contribution is 2.21. The third-order valence-corrected chi connectivity index (χ3v) is 4.12. The number of aliphatic hydroxyl groups excluding tert-OH is 1. The molecule has 1 amide bonds. The molecule has 3 heterocycles. The van der Waals surface area contributed by atoms with Crippen LogP contribution in [0.25, 0.3) is 0 Å². The van der Waals surface area contributed by atoms with Crippen molar-refractivity contribution in [2.45, 2.75) is 32.4 Å². The number of nitrogens with zero attached hydrogens (tertiary/aromatic N) is 3. The van der Waals surface area contributed by atoms with E-state index in [9.17, 15) is 9.90 Å². The van der Waals surface area contributed by atoms with Crippen molar-refractivity contribution in [2.75, 3.05) is 18.0 Å². The van der Waals surface area contributed by atoms with Gasteiger partial charge in [0.25, 0.3) is 5.91 Å². The molecular formula is C18H22N4O2. The molecule has 0 bridgehead atoms. The number of aromatic nitrogens is 2. The largest absolute Gasteiger partial charge is 0.391 e. The number of hydrogen-bond acceptors (Lipinski definition) is 5. The first kappa shape index (κ1) is 16.4. The molecule has 0 saturated carbocycles. The zero-order valence-corrected chi connectivity index (χ0v) is 13.8. The Morgan fingerprint density at radius 3 is 3.04 bits per heavy atom. The summed E-state index contributed by atoms with van der Waals surface area (Å²) in [4.78, 5) is 23.0. The van der Waals surface area contributed by atoms with Gasteiger partial charge in [0.05, 0.1) is 6.10 Å². The Morgan fingerprint density at radius 1 is 1.38 bits per heavy atom. The van der Waals surface area contributed by atoms with Crippen LogP contribution in [-0.2, 0) is 6.54 Å². The number of carbonyl (C=O) groups is 1. The van der Waals surface area contributed by atoms with E-state index in [0.29, 0.717) is 18.8 Å². The Kier molecular flexibility index (Phi) is 5.05. The van der Waals surface area contributed by atoms with E-state index in [1.807, 2.05) is 31.2 Å². The third kappa shape index (κ3) is 3.89. The van der Waals surface area contributed by atoms with Crippen LogP contribution in [0.3, 0.4) is 0 Å². The number of aliphatic hydroxyl groups is 1. The van der Waals surface area contributed by atoms with Crippen LogP contribution in [0.2, 0.25) is 0 Å². The van der Waals surface area contributed by atoms with Crippen LogP contribution in [0, 0.1) is 6.92 Å². The number of amides is 1. The number of nitrogens with one attached hydrogen (secondary N) is 1. The van der Waals surface area contributed by atoms with Gasteiger partial charge in [-0.3, -0.25) is 4.79 Å². The van der Waals surface area contributed by atoms with Crippen molar-refractivity contribution in [2.24, 2.45) is 0 Å². The number of hydrogen-bond donors (Lipinski definition) is 2. The van der Waals surface area contributed by atoms with Gasteiger partial charge in [0.2, 0.25) is 0 Å². The zero-order valence-electron chi connectivity index (χ0n) is 13.8. The molecule has 126 valence electrons. The summed E-state index contributed by atoms with van der Waals surface area (Å²) in [6.07, 6.45) is 3.19. The molecule has 3 rings (SSSR count). The van der Waals surface area contributed by atoms with Crippen LogP contribution < -0.4 is 10.2 Å². The van der Waals surface area contributed by atoms with Gasteiger partial charge in [0.1, 0.15) is 11.5 Å². The predicted molar refractivity (Wildman–Crippen MR) is 91.8 cm³/mol. The lowest BCUT2D eigenvalue weighted by Crippen LogP contribution is -2.39. The van der Waals surface area contributed by atoms with Crippen LogP contribution >= 0.6 is 0 Å². The zero-order chi connectivity index (χ0) is 16.9. The molecule has 1 fully saturated rings. The Labute approximate surface area is 141 Å². The number of β-amino-alcohol motifs (C(OH)–C–C–N with tert-alkyl or cyclic N) is 1. The fraction of sp³-hybridized carbons (Fsp3) is 0.389. The summed E-state index contributed by atoms with van der Waals surface area (Å²) in [5.74, 6) is 0.626. The molecule has 1 unspecified atom stereocenters. The summed E-state index contributed by atoms with van der Waals surface area (Å²) < 4.78 is 0. The Balaban J connectivity index is 1.70. The molecule has 0 aliphatic carbocycles. The van der Waals surface area contributed by atoms with Crippen molar-refractivity contribution >= 4 is 11.7 Å². The van der Waals surface area contributed by atoms with Crippen LogP contribution in [-0.4, -0.2) is 40.2 Å². The molecule has 6 nitrogen and oxygen atoms in total. The number of pyridine rings is 2. The van der Waals surface area contributed by atoms with Gasteiger partial charge in [0.15, 0.2) is 0 Å². The van der Waals surface area contributed by atoms with Gasteiger partial charge in [-0.1, -0.05) is 12.1 Å². The molecule has 2 aromatic heterocycles. The van der Waals surface area contributed by atoms with E-state index in [0.717, 1.165) is 36.5 Å². The van der Waals surface area contributed by atoms with E-state index in [4.69, 9.17) is 0 Å². The average molecular weight is 326 g/mol. The number of piperidine rings is 1. The highest BCUT2D eigenvalue weighted by atomic mass is 16.3. The van der Waals surface area contributed by atoms with E-state index in [2.05, 4.69) is 20.2 Å². The number of carbonyl (C=O) groups excluding carboxylic acids is 1. The molecule has 6 heteroatoms. The summed E-state index contributed by atoms with van der Waals surface area (Å²) in [5.41, 5.74) is 2.16. The Hall–Kier alpha value is -2.47. The molecule has 1 aliphatic rings. The standard InChI is InChI=1S/C18H22N4O2/c1-13-5-2-8-16(21-13)18(24)20-11-14-6-3-9-19-17(14)22-10-4-7-15(23)12-22/h2-3,5-6,8-9,15,23H,4,7,10-12H2,1H3,(H,20,24). The van der Waals surface area contributed by atoms with Crippen molar-refractivity contribution in [3.05, 3.63) is 53.5 Å². The van der Waals surface area contributed by atoms with Crippen molar-refractivity contribution in [3.8, 4) is 0 Å². The van der Waals surface area contributed by atoms with Crippen LogP contribution in [0.1, 0.15) is 34.6 Å². The molecule has 2 N–H and O–H groups in total. The lowest BCUT2D eigenvalue weighted by atomic mass is 10.1. The fourth-order valence-electron chi connectivity index (χ4n) is 2.94. The van der Waals surface area contributed by atoms with Crippen LogP contribution in [0.5, 0.6) is 0 Å². The molecule has 1 saturated heterocycles. The topological polar surface area (TPSA) is 78.4 Å².